The van der Waals surface area contributed by atoms with Crippen molar-refractivity contribution >= 4 is 23.6 Å². The van der Waals surface area contributed by atoms with Crippen molar-refractivity contribution in [2.24, 2.45) is 5.92 Å². The van der Waals surface area contributed by atoms with Gasteiger partial charge in [-0.3, -0.25) is 4.79 Å². The second-order valence-corrected chi connectivity index (χ2v) is 7.74. The Labute approximate surface area is 148 Å². The number of carbonyl (C=O) groups is 2. The Morgan fingerprint density at radius 2 is 1.92 bits per heavy atom. The molecule has 0 aliphatic carbocycles. The highest BCUT2D eigenvalue weighted by Crippen LogP contribution is 2.39. The predicted octanol–water partition coefficient (Wildman–Crippen LogP) is 3.67. The summed E-state index contributed by atoms with van der Waals surface area (Å²) in [5.74, 6) is 0.779. The lowest BCUT2D eigenvalue weighted by molar-refractivity contribution is -0.154. The lowest BCUT2D eigenvalue weighted by Crippen LogP contribution is -2.48. The Hall–Kier alpha value is -1.49. The number of hydrogen-bond donors (Lipinski definition) is 0. The molecule has 0 N–H and O–H groups in total. The minimum Gasteiger partial charge on any atom is -0.464 e. The number of thioether (sulfide) groups is 1. The molecule has 0 saturated carbocycles. The van der Waals surface area contributed by atoms with Crippen LogP contribution in [-0.2, 0) is 14.3 Å². The Kier molecular flexibility index (Phi) is 6.72. The summed E-state index contributed by atoms with van der Waals surface area (Å²) in [6.45, 7) is 8.30. The molecule has 2 rings (SSSR count). The third kappa shape index (κ3) is 4.32. The van der Waals surface area contributed by atoms with E-state index < -0.39 is 6.04 Å². The maximum Gasteiger partial charge on any atom is 0.329 e. The third-order valence-corrected chi connectivity index (χ3v) is 5.70. The molecule has 4 nitrogen and oxygen atoms in total. The highest BCUT2D eigenvalue weighted by molar-refractivity contribution is 8.00. The van der Waals surface area contributed by atoms with E-state index >= 15 is 0 Å². The molecule has 3 atom stereocenters. The molecule has 132 valence electrons. The average molecular weight is 349 g/mol. The van der Waals surface area contributed by atoms with Crippen LogP contribution in [0.5, 0.6) is 0 Å². The number of esters is 1. The lowest BCUT2D eigenvalue weighted by Gasteiger charge is -2.32. The molecule has 1 fully saturated rings. The predicted molar refractivity (Wildman–Crippen MR) is 97.8 cm³/mol. The van der Waals surface area contributed by atoms with Crippen molar-refractivity contribution < 1.29 is 14.3 Å². The number of carbonyl (C=O) groups excluding carboxylic acids is 2. The van der Waals surface area contributed by atoms with Crippen molar-refractivity contribution in [1.82, 2.24) is 4.90 Å². The van der Waals surface area contributed by atoms with Gasteiger partial charge in [-0.2, -0.15) is 0 Å². The van der Waals surface area contributed by atoms with Crippen LogP contribution < -0.4 is 0 Å². The number of nitrogens with zero attached hydrogens (tertiary/aromatic N) is 1. The van der Waals surface area contributed by atoms with Crippen molar-refractivity contribution in [3.63, 3.8) is 0 Å². The zero-order valence-electron chi connectivity index (χ0n) is 14.9. The zero-order chi connectivity index (χ0) is 17.7. The van der Waals surface area contributed by atoms with Crippen LogP contribution >= 0.6 is 11.8 Å². The SMILES string of the molecule is CCOC(=O)C1CSC(C(C)c2ccccc2)N1C(=O)CC(C)C. The van der Waals surface area contributed by atoms with Gasteiger partial charge in [-0.05, 0) is 18.4 Å². The molecule has 5 heteroatoms. The van der Waals surface area contributed by atoms with E-state index in [1.165, 1.54) is 5.56 Å². The maximum atomic E-state index is 12.8. The van der Waals surface area contributed by atoms with Crippen LogP contribution in [0.3, 0.4) is 0 Å². The van der Waals surface area contributed by atoms with E-state index in [0.717, 1.165) is 0 Å². The van der Waals surface area contributed by atoms with Gasteiger partial charge in [0.1, 0.15) is 6.04 Å². The van der Waals surface area contributed by atoms with Gasteiger partial charge in [-0.25, -0.2) is 4.79 Å². The normalized spacial score (nSPS) is 21.8. The Morgan fingerprint density at radius 3 is 2.50 bits per heavy atom. The monoisotopic (exact) mass is 349 g/mol. The van der Waals surface area contributed by atoms with Gasteiger partial charge in [0.25, 0.3) is 0 Å². The summed E-state index contributed by atoms with van der Waals surface area (Å²) < 4.78 is 5.20. The number of benzene rings is 1. The fourth-order valence-corrected chi connectivity index (χ4v) is 4.57. The molecule has 1 amide bonds. The van der Waals surface area contributed by atoms with Crippen LogP contribution in [0, 0.1) is 5.92 Å². The molecule has 1 aliphatic rings. The molecular weight excluding hydrogens is 322 g/mol. The Balaban J connectivity index is 2.25. The van der Waals surface area contributed by atoms with Crippen LogP contribution in [0.4, 0.5) is 0 Å². The minimum absolute atomic E-state index is 0.0342. The zero-order valence-corrected chi connectivity index (χ0v) is 15.7. The molecule has 0 aromatic heterocycles. The molecule has 0 bridgehead atoms. The number of hydrogen-bond acceptors (Lipinski definition) is 4. The van der Waals surface area contributed by atoms with E-state index in [1.54, 1.807) is 23.6 Å². The number of rotatable bonds is 6. The standard InChI is InChI=1S/C19H27NO3S/c1-5-23-19(22)16-12-24-18(20(16)17(21)11-13(2)3)14(4)15-9-7-6-8-10-15/h6-10,13-14,16,18H,5,11-12H2,1-4H3. The fraction of sp³-hybridized carbons (Fsp3) is 0.579. The first kappa shape index (κ1) is 18.8. The second-order valence-electron chi connectivity index (χ2n) is 6.59. The van der Waals surface area contributed by atoms with E-state index in [9.17, 15) is 9.59 Å². The molecule has 1 aromatic rings. The van der Waals surface area contributed by atoms with Gasteiger partial charge in [0.2, 0.25) is 5.91 Å². The third-order valence-electron chi connectivity index (χ3n) is 4.22. The van der Waals surface area contributed by atoms with E-state index in [2.05, 4.69) is 19.1 Å². The van der Waals surface area contributed by atoms with Crippen molar-refractivity contribution in [2.45, 2.75) is 51.4 Å². The van der Waals surface area contributed by atoms with Crippen LogP contribution in [0.25, 0.3) is 0 Å². The van der Waals surface area contributed by atoms with E-state index in [-0.39, 0.29) is 29.1 Å². The van der Waals surface area contributed by atoms with E-state index in [4.69, 9.17) is 4.74 Å². The van der Waals surface area contributed by atoms with Crippen LogP contribution in [0.1, 0.15) is 45.6 Å². The van der Waals surface area contributed by atoms with Gasteiger partial charge in [-0.15, -0.1) is 11.8 Å². The largest absolute Gasteiger partial charge is 0.464 e. The van der Waals surface area contributed by atoms with E-state index in [1.807, 2.05) is 32.0 Å². The summed E-state index contributed by atoms with van der Waals surface area (Å²) in [6, 6.07) is 9.68. The minimum atomic E-state index is -0.475. The van der Waals surface area contributed by atoms with E-state index in [0.29, 0.717) is 18.8 Å². The Bertz CT molecular complexity index is 561. The van der Waals surface area contributed by atoms with Crippen LogP contribution in [-0.4, -0.2) is 40.6 Å². The second kappa shape index (κ2) is 8.56. The average Bonchev–Trinajstić information content (AvgIpc) is 2.99. The van der Waals surface area contributed by atoms with Crippen molar-refractivity contribution in [2.75, 3.05) is 12.4 Å². The summed E-state index contributed by atoms with van der Waals surface area (Å²) in [5, 5.41) is -0.0342. The van der Waals surface area contributed by atoms with Gasteiger partial charge < -0.3 is 9.64 Å². The van der Waals surface area contributed by atoms with Crippen molar-refractivity contribution in [1.29, 1.82) is 0 Å². The molecule has 1 aromatic carbocycles. The molecule has 1 aliphatic heterocycles. The number of ether oxygens (including phenoxy) is 1. The summed E-state index contributed by atoms with van der Waals surface area (Å²) in [4.78, 5) is 26.9. The molecule has 0 radical (unpaired) electrons. The first-order valence-corrected chi connectivity index (χ1v) is 9.64. The molecule has 1 heterocycles. The van der Waals surface area contributed by atoms with Gasteiger partial charge in [0.15, 0.2) is 0 Å². The van der Waals surface area contributed by atoms with Crippen LogP contribution in [0.15, 0.2) is 30.3 Å². The topological polar surface area (TPSA) is 46.6 Å². The van der Waals surface area contributed by atoms with Gasteiger partial charge in [-0.1, -0.05) is 51.1 Å². The van der Waals surface area contributed by atoms with Crippen molar-refractivity contribution in [3.8, 4) is 0 Å². The van der Waals surface area contributed by atoms with Gasteiger partial charge in [0, 0.05) is 18.1 Å². The smallest absolute Gasteiger partial charge is 0.329 e. The summed E-state index contributed by atoms with van der Waals surface area (Å²) in [6.07, 6.45) is 0.453. The highest BCUT2D eigenvalue weighted by atomic mass is 32.2. The fourth-order valence-electron chi connectivity index (χ4n) is 3.02. The quantitative estimate of drug-likeness (QED) is 0.735. The molecule has 1 saturated heterocycles. The highest BCUT2D eigenvalue weighted by Gasteiger charge is 2.44. The summed E-state index contributed by atoms with van der Waals surface area (Å²) in [7, 11) is 0. The molecule has 3 unspecified atom stereocenters. The summed E-state index contributed by atoms with van der Waals surface area (Å²) in [5.41, 5.74) is 1.18. The molecular formula is C19H27NO3S. The van der Waals surface area contributed by atoms with Gasteiger partial charge in [0.05, 0.1) is 12.0 Å². The lowest BCUT2D eigenvalue weighted by atomic mass is 9.99. The van der Waals surface area contributed by atoms with Gasteiger partial charge >= 0.3 is 5.97 Å². The Morgan fingerprint density at radius 1 is 1.25 bits per heavy atom. The van der Waals surface area contributed by atoms with Crippen LogP contribution in [0.2, 0.25) is 0 Å². The summed E-state index contributed by atoms with van der Waals surface area (Å²) >= 11 is 1.68. The first-order valence-electron chi connectivity index (χ1n) is 8.60. The number of amides is 1. The maximum absolute atomic E-state index is 12.8. The first-order chi connectivity index (χ1) is 11.5. The molecule has 24 heavy (non-hydrogen) atoms. The van der Waals surface area contributed by atoms with Crippen molar-refractivity contribution in [3.05, 3.63) is 35.9 Å². The molecule has 0 spiro atoms.